The highest BCUT2D eigenvalue weighted by molar-refractivity contribution is 7.13. The molecule has 1 aliphatic heterocycles. The Bertz CT molecular complexity index is 1180. The maximum absolute atomic E-state index is 12.8. The van der Waals surface area contributed by atoms with Crippen molar-refractivity contribution in [1.29, 1.82) is 0 Å². The fourth-order valence-corrected chi connectivity index (χ4v) is 4.54. The largest absolute Gasteiger partial charge is 0.496 e. The highest BCUT2D eigenvalue weighted by atomic mass is 32.1. The van der Waals surface area contributed by atoms with Gasteiger partial charge in [0.2, 0.25) is 5.91 Å². The van der Waals surface area contributed by atoms with E-state index < -0.39 is 5.91 Å². The van der Waals surface area contributed by atoms with E-state index in [9.17, 15) is 9.59 Å². The molecule has 1 saturated heterocycles. The zero-order valence-electron chi connectivity index (χ0n) is 19.6. The number of primary amides is 1. The molecule has 182 valence electrons. The van der Waals surface area contributed by atoms with Crippen LogP contribution in [-0.4, -0.2) is 63.2 Å². The fraction of sp³-hybridized carbons (Fsp3) is 0.259. The number of hydrogen-bond acceptors (Lipinski definition) is 7. The van der Waals surface area contributed by atoms with Gasteiger partial charge in [0.15, 0.2) is 5.78 Å². The van der Waals surface area contributed by atoms with Crippen LogP contribution in [0.4, 0.5) is 0 Å². The smallest absolute Gasteiger partial charge is 0.248 e. The first-order chi connectivity index (χ1) is 17.0. The van der Waals surface area contributed by atoms with Gasteiger partial charge in [0.05, 0.1) is 20.3 Å². The van der Waals surface area contributed by atoms with Crippen molar-refractivity contribution in [1.82, 2.24) is 4.90 Å². The Morgan fingerprint density at radius 3 is 2.49 bits per heavy atom. The number of ether oxygens (including phenoxy) is 3. The third-order valence-electron chi connectivity index (χ3n) is 5.76. The molecule has 1 fully saturated rings. The molecule has 1 amide bonds. The first-order valence-electron chi connectivity index (χ1n) is 11.4. The minimum atomic E-state index is -0.530. The second-order valence-electron chi connectivity index (χ2n) is 8.01. The van der Waals surface area contributed by atoms with Gasteiger partial charge in [-0.1, -0.05) is 18.2 Å². The predicted octanol–water partition coefficient (Wildman–Crippen LogP) is 4.13. The molecule has 4 rings (SSSR count). The summed E-state index contributed by atoms with van der Waals surface area (Å²) in [6.45, 7) is 4.54. The number of rotatable bonds is 10. The SMILES string of the molecule is COc1cc(OCCN2CCOCC2)c(/C=C/C(=O)c2ccc(C(N)=O)cc2)cc1-c1cccs1. The zero-order valence-corrected chi connectivity index (χ0v) is 20.4. The van der Waals surface area contributed by atoms with Gasteiger partial charge in [-0.05, 0) is 41.8 Å². The lowest BCUT2D eigenvalue weighted by atomic mass is 10.0. The summed E-state index contributed by atoms with van der Waals surface area (Å²) in [5, 5.41) is 2.01. The maximum Gasteiger partial charge on any atom is 0.248 e. The summed E-state index contributed by atoms with van der Waals surface area (Å²) in [6.07, 6.45) is 3.26. The average molecular weight is 493 g/mol. The summed E-state index contributed by atoms with van der Waals surface area (Å²) >= 11 is 1.61. The Hall–Kier alpha value is -3.46. The first kappa shape index (κ1) is 24.7. The van der Waals surface area contributed by atoms with E-state index in [1.165, 1.54) is 6.08 Å². The van der Waals surface area contributed by atoms with Crippen LogP contribution in [0.25, 0.3) is 16.5 Å². The van der Waals surface area contributed by atoms with E-state index in [0.29, 0.717) is 29.2 Å². The Balaban J connectivity index is 1.58. The Morgan fingerprint density at radius 2 is 1.83 bits per heavy atom. The van der Waals surface area contributed by atoms with Crippen molar-refractivity contribution in [3.05, 3.63) is 76.7 Å². The van der Waals surface area contributed by atoms with E-state index >= 15 is 0 Å². The van der Waals surface area contributed by atoms with Crippen LogP contribution >= 0.6 is 11.3 Å². The molecule has 35 heavy (non-hydrogen) atoms. The summed E-state index contributed by atoms with van der Waals surface area (Å²) in [5.74, 6) is 0.634. The maximum atomic E-state index is 12.8. The molecule has 8 heteroatoms. The lowest BCUT2D eigenvalue weighted by Crippen LogP contribution is -2.38. The molecule has 1 aliphatic rings. The average Bonchev–Trinajstić information content (AvgIpc) is 3.43. The zero-order chi connectivity index (χ0) is 24.6. The lowest BCUT2D eigenvalue weighted by Gasteiger charge is -2.26. The number of thiophene rings is 1. The molecule has 0 radical (unpaired) electrons. The minimum absolute atomic E-state index is 0.186. The number of allylic oxidation sites excluding steroid dienone is 1. The van der Waals surface area contributed by atoms with E-state index in [2.05, 4.69) is 4.90 Å². The van der Waals surface area contributed by atoms with Gasteiger partial charge in [-0.2, -0.15) is 0 Å². The quantitative estimate of drug-likeness (QED) is 0.338. The molecular formula is C27H28N2O5S. The number of nitrogens with zero attached hydrogens (tertiary/aromatic N) is 1. The monoisotopic (exact) mass is 492 g/mol. The van der Waals surface area contributed by atoms with Gasteiger partial charge in [0.1, 0.15) is 18.1 Å². The molecule has 2 N–H and O–H groups in total. The molecule has 0 spiro atoms. The number of morpholine rings is 1. The van der Waals surface area contributed by atoms with Gasteiger partial charge in [0.25, 0.3) is 0 Å². The van der Waals surface area contributed by atoms with Crippen LogP contribution in [0.5, 0.6) is 11.5 Å². The lowest BCUT2D eigenvalue weighted by molar-refractivity contribution is 0.0322. The highest BCUT2D eigenvalue weighted by Gasteiger charge is 2.15. The van der Waals surface area contributed by atoms with Gasteiger partial charge in [0, 0.05) is 52.8 Å². The van der Waals surface area contributed by atoms with Crippen molar-refractivity contribution in [3.63, 3.8) is 0 Å². The van der Waals surface area contributed by atoms with Crippen LogP contribution < -0.4 is 15.2 Å². The van der Waals surface area contributed by atoms with Gasteiger partial charge >= 0.3 is 0 Å². The van der Waals surface area contributed by atoms with Crippen LogP contribution in [0, 0.1) is 0 Å². The minimum Gasteiger partial charge on any atom is -0.496 e. The molecular weight excluding hydrogens is 464 g/mol. The summed E-state index contributed by atoms with van der Waals surface area (Å²) < 4.78 is 17.2. The van der Waals surface area contributed by atoms with Crippen molar-refractivity contribution in [2.75, 3.05) is 46.6 Å². The number of nitrogens with two attached hydrogens (primary N) is 1. The second-order valence-corrected chi connectivity index (χ2v) is 8.96. The van der Waals surface area contributed by atoms with Crippen LogP contribution in [0.15, 0.2) is 60.0 Å². The van der Waals surface area contributed by atoms with Gasteiger partial charge in [-0.15, -0.1) is 11.3 Å². The second kappa shape index (κ2) is 11.8. The molecule has 1 aromatic heterocycles. The van der Waals surface area contributed by atoms with E-state index in [0.717, 1.165) is 48.9 Å². The third-order valence-corrected chi connectivity index (χ3v) is 6.66. The van der Waals surface area contributed by atoms with Crippen LogP contribution in [0.3, 0.4) is 0 Å². The number of amides is 1. The number of benzene rings is 2. The fourth-order valence-electron chi connectivity index (χ4n) is 3.80. The van der Waals surface area contributed by atoms with Crippen molar-refractivity contribution in [3.8, 4) is 21.9 Å². The molecule has 0 unspecified atom stereocenters. The van der Waals surface area contributed by atoms with Gasteiger partial charge < -0.3 is 19.9 Å². The Kier molecular flexibility index (Phi) is 8.31. The highest BCUT2D eigenvalue weighted by Crippen LogP contribution is 2.38. The number of methoxy groups -OCH3 is 1. The van der Waals surface area contributed by atoms with Crippen LogP contribution in [-0.2, 0) is 4.74 Å². The number of ketones is 1. The molecule has 0 aliphatic carbocycles. The summed E-state index contributed by atoms with van der Waals surface area (Å²) in [4.78, 5) is 27.4. The van der Waals surface area contributed by atoms with E-state index in [4.69, 9.17) is 19.9 Å². The molecule has 0 atom stereocenters. The van der Waals surface area contributed by atoms with Crippen molar-refractivity contribution >= 4 is 29.1 Å². The third kappa shape index (κ3) is 6.36. The molecule has 3 aromatic rings. The van der Waals surface area contributed by atoms with Crippen molar-refractivity contribution in [2.45, 2.75) is 0 Å². The van der Waals surface area contributed by atoms with E-state index in [1.54, 1.807) is 48.8 Å². The molecule has 0 saturated carbocycles. The summed E-state index contributed by atoms with van der Waals surface area (Å²) in [5.41, 5.74) is 7.82. The number of carbonyl (C=O) groups excluding carboxylic acids is 2. The predicted molar refractivity (Wildman–Crippen MR) is 137 cm³/mol. The standard InChI is InChI=1S/C27H28N2O5S/c1-32-25-18-24(34-15-12-29-10-13-33-14-11-29)21(17-22(25)26-3-2-16-35-26)8-9-23(30)19-4-6-20(7-5-19)27(28)31/h2-9,16-18H,10-15H2,1H3,(H2,28,31)/b9-8+. The molecule has 2 heterocycles. The Morgan fingerprint density at radius 1 is 1.09 bits per heavy atom. The number of hydrogen-bond donors (Lipinski definition) is 1. The van der Waals surface area contributed by atoms with E-state index in [1.807, 2.05) is 29.6 Å². The first-order valence-corrected chi connectivity index (χ1v) is 12.2. The van der Waals surface area contributed by atoms with E-state index in [-0.39, 0.29) is 5.78 Å². The Labute approximate surface area is 208 Å². The van der Waals surface area contributed by atoms with Gasteiger partial charge in [-0.25, -0.2) is 0 Å². The topological polar surface area (TPSA) is 91.1 Å². The van der Waals surface area contributed by atoms with Crippen molar-refractivity contribution in [2.24, 2.45) is 5.73 Å². The van der Waals surface area contributed by atoms with Crippen LogP contribution in [0.1, 0.15) is 26.3 Å². The molecule has 2 aromatic carbocycles. The summed E-state index contributed by atoms with van der Waals surface area (Å²) in [7, 11) is 1.64. The summed E-state index contributed by atoms with van der Waals surface area (Å²) in [6, 6.07) is 14.2. The van der Waals surface area contributed by atoms with Crippen molar-refractivity contribution < 1.29 is 23.8 Å². The molecule has 7 nitrogen and oxygen atoms in total. The number of carbonyl (C=O) groups is 2. The van der Waals surface area contributed by atoms with Crippen LogP contribution in [0.2, 0.25) is 0 Å². The molecule has 0 bridgehead atoms. The van der Waals surface area contributed by atoms with Gasteiger partial charge in [-0.3, -0.25) is 14.5 Å². The normalized spacial score (nSPS) is 14.2.